The van der Waals surface area contributed by atoms with Crippen LogP contribution in [-0.2, 0) is 28.6 Å². The Morgan fingerprint density at radius 3 is 2.67 bits per heavy atom. The summed E-state index contributed by atoms with van der Waals surface area (Å²) >= 11 is -1.07. The molecular formula is C21H27FN2O8S. The number of ketones is 1. The Kier molecular flexibility index (Phi) is 7.57. The fraction of sp³-hybridized carbons (Fsp3) is 0.476. The lowest BCUT2D eigenvalue weighted by atomic mass is 9.91. The van der Waals surface area contributed by atoms with E-state index in [9.17, 15) is 28.4 Å². The van der Waals surface area contributed by atoms with Crippen LogP contribution in [0.4, 0.5) is 19.7 Å². The van der Waals surface area contributed by atoms with E-state index in [0.717, 1.165) is 15.9 Å². The van der Waals surface area contributed by atoms with Crippen molar-refractivity contribution in [3.8, 4) is 0 Å². The molecule has 1 aromatic carbocycles. The minimum absolute atomic E-state index is 0.0958. The number of cyclic esters (lactones) is 1. The van der Waals surface area contributed by atoms with E-state index in [1.807, 2.05) is 0 Å². The summed E-state index contributed by atoms with van der Waals surface area (Å²) in [5.74, 6) is -2.29. The number of carbonyl (C=O) groups is 5. The zero-order chi connectivity index (χ0) is 24.3. The van der Waals surface area contributed by atoms with Crippen molar-refractivity contribution in [3.05, 3.63) is 29.6 Å². The molecule has 2 aliphatic rings. The average molecular weight is 487 g/mol. The maximum atomic E-state index is 14.8. The van der Waals surface area contributed by atoms with Crippen LogP contribution in [-0.4, -0.2) is 66.3 Å². The Hall–Kier alpha value is -3.15. The molecular weight excluding hydrogens is 459 g/mol. The van der Waals surface area contributed by atoms with Crippen LogP contribution in [0.3, 0.4) is 0 Å². The summed E-state index contributed by atoms with van der Waals surface area (Å²) in [5.41, 5.74) is 0.312. The normalized spacial score (nSPS) is 20.9. The topological polar surface area (TPSA) is 120 Å². The van der Waals surface area contributed by atoms with Crippen molar-refractivity contribution in [2.75, 3.05) is 31.0 Å². The summed E-state index contributed by atoms with van der Waals surface area (Å²) in [5, 5.41) is -0.366. The first-order valence-electron chi connectivity index (χ1n) is 10.5. The van der Waals surface area contributed by atoms with E-state index < -0.39 is 60.5 Å². The molecule has 0 bridgehead atoms. The van der Waals surface area contributed by atoms with Crippen molar-refractivity contribution in [3.63, 3.8) is 0 Å². The van der Waals surface area contributed by atoms with E-state index in [-0.39, 0.29) is 28.8 Å². The quantitative estimate of drug-likeness (QED) is 0.338. The van der Waals surface area contributed by atoms with Gasteiger partial charge in [-0.3, -0.25) is 35.9 Å². The first-order chi connectivity index (χ1) is 15.6. The van der Waals surface area contributed by atoms with Gasteiger partial charge in [0, 0.05) is 7.05 Å². The van der Waals surface area contributed by atoms with Crippen LogP contribution in [0.15, 0.2) is 18.2 Å². The van der Waals surface area contributed by atoms with Crippen LogP contribution in [0.2, 0.25) is 0 Å². The van der Waals surface area contributed by atoms with Crippen LogP contribution < -0.4 is 4.90 Å². The SMILES string of the molecule is CC(C)C(=O)OCOC(=O)N(C)[C@@H]1CN(c2ccc(C3CC[SH4]C(=O)C3=O)c(F)c2)C(=O)O1. The molecule has 0 radical (unpaired) electrons. The van der Waals surface area contributed by atoms with Crippen molar-refractivity contribution in [1.82, 2.24) is 4.90 Å². The van der Waals surface area contributed by atoms with E-state index in [1.165, 1.54) is 19.2 Å². The Bertz CT molecular complexity index is 985. The second kappa shape index (κ2) is 10.2. The van der Waals surface area contributed by atoms with Crippen LogP contribution in [0.1, 0.15) is 31.7 Å². The molecule has 2 amide bonds. The second-order valence-corrected chi connectivity index (χ2v) is 9.99. The van der Waals surface area contributed by atoms with Crippen LogP contribution >= 0.6 is 11.8 Å². The van der Waals surface area contributed by atoms with Crippen LogP contribution in [0, 0.1) is 11.7 Å². The average Bonchev–Trinajstić information content (AvgIpc) is 3.16. The molecule has 0 spiro atoms. The van der Waals surface area contributed by atoms with Gasteiger partial charge in [0.2, 0.25) is 17.7 Å². The lowest BCUT2D eigenvalue weighted by Crippen LogP contribution is -2.40. The number of likely N-dealkylation sites (N-methyl/N-ethyl adjacent to an activating group) is 1. The summed E-state index contributed by atoms with van der Waals surface area (Å²) in [6.07, 6.45) is -2.25. The van der Waals surface area contributed by atoms with Gasteiger partial charge in [-0.1, -0.05) is 19.9 Å². The molecule has 0 aromatic heterocycles. The van der Waals surface area contributed by atoms with Gasteiger partial charge >= 0.3 is 18.2 Å². The maximum Gasteiger partial charge on any atom is 0.416 e. The third kappa shape index (κ3) is 5.44. The van der Waals surface area contributed by atoms with Gasteiger partial charge in [-0.25, -0.2) is 14.0 Å². The molecule has 1 unspecified atom stereocenters. The number of hydrogen-bond acceptors (Lipinski definition) is 8. The Morgan fingerprint density at radius 2 is 2.00 bits per heavy atom. The Labute approximate surface area is 193 Å². The molecule has 1 aromatic rings. The highest BCUT2D eigenvalue weighted by molar-refractivity contribution is 8.15. The first-order valence-corrected chi connectivity index (χ1v) is 12.2. The standard InChI is InChI=1S/C21H27FN2O8S/c1-11(2)18(26)30-10-31-20(28)23(3)16-9-24(21(29)32-16)12-4-5-13(15(22)8-12)14-6-7-33-19(27)17(14)25/h4-5,8,11,14,16H,6-7,9-10H2,1-3H3,33H4/t14?,16-/m0/s1. The van der Waals surface area contributed by atoms with E-state index in [1.54, 1.807) is 13.8 Å². The number of rotatable bonds is 6. The predicted molar refractivity (Wildman–Crippen MR) is 119 cm³/mol. The van der Waals surface area contributed by atoms with Crippen molar-refractivity contribution in [1.29, 1.82) is 0 Å². The van der Waals surface area contributed by atoms with Gasteiger partial charge in [-0.15, -0.1) is 0 Å². The predicted octanol–water partition coefficient (Wildman–Crippen LogP) is 1.58. The molecule has 0 saturated carbocycles. The van der Waals surface area contributed by atoms with Gasteiger partial charge in [-0.2, -0.15) is 0 Å². The summed E-state index contributed by atoms with van der Waals surface area (Å²) < 4.78 is 29.6. The number of halogens is 1. The smallest absolute Gasteiger partial charge is 0.416 e. The molecule has 2 heterocycles. The molecule has 2 fully saturated rings. The summed E-state index contributed by atoms with van der Waals surface area (Å²) in [6, 6.07) is 3.97. The number of Topliss-reactive ketones (excluding diaryl/α,β-unsaturated/α-hetero) is 1. The lowest BCUT2D eigenvalue weighted by molar-refractivity contribution is -0.156. The molecule has 0 aliphatic carbocycles. The maximum absolute atomic E-state index is 14.8. The minimum Gasteiger partial charge on any atom is -0.428 e. The molecule has 10 nitrogen and oxygen atoms in total. The Morgan fingerprint density at radius 1 is 1.27 bits per heavy atom. The largest absolute Gasteiger partial charge is 0.428 e. The summed E-state index contributed by atoms with van der Waals surface area (Å²) in [6.45, 7) is 2.59. The van der Waals surface area contributed by atoms with Gasteiger partial charge in [0.25, 0.3) is 0 Å². The van der Waals surface area contributed by atoms with E-state index >= 15 is 0 Å². The third-order valence-electron chi connectivity index (χ3n) is 5.53. The van der Waals surface area contributed by atoms with Crippen molar-refractivity contribution in [2.24, 2.45) is 5.92 Å². The van der Waals surface area contributed by atoms with Crippen molar-refractivity contribution in [2.45, 2.75) is 32.4 Å². The molecule has 0 N–H and O–H groups in total. The number of carbonyl (C=O) groups excluding carboxylic acids is 5. The van der Waals surface area contributed by atoms with Crippen LogP contribution in [0.5, 0.6) is 0 Å². The Balaban J connectivity index is 1.63. The lowest BCUT2D eigenvalue weighted by Gasteiger charge is -2.23. The fourth-order valence-corrected chi connectivity index (χ4v) is 4.99. The number of anilines is 1. The van der Waals surface area contributed by atoms with E-state index in [0.29, 0.717) is 12.2 Å². The van der Waals surface area contributed by atoms with E-state index in [4.69, 9.17) is 14.2 Å². The van der Waals surface area contributed by atoms with Gasteiger partial charge in [-0.05, 0) is 29.9 Å². The van der Waals surface area contributed by atoms with Gasteiger partial charge in [0.05, 0.1) is 24.1 Å². The molecule has 12 heteroatoms. The molecule has 3 rings (SSSR count). The number of hydrogen-bond donors (Lipinski definition) is 0. The summed E-state index contributed by atoms with van der Waals surface area (Å²) in [4.78, 5) is 61.9. The highest BCUT2D eigenvalue weighted by atomic mass is 32.2. The summed E-state index contributed by atoms with van der Waals surface area (Å²) in [7, 11) is 1.34. The van der Waals surface area contributed by atoms with Crippen LogP contribution in [0.25, 0.3) is 0 Å². The van der Waals surface area contributed by atoms with Gasteiger partial charge in [0.15, 0.2) is 6.23 Å². The molecule has 2 aliphatic heterocycles. The highest BCUT2D eigenvalue weighted by Gasteiger charge is 2.38. The highest BCUT2D eigenvalue weighted by Crippen LogP contribution is 2.34. The molecule has 2 atom stereocenters. The molecule has 33 heavy (non-hydrogen) atoms. The van der Waals surface area contributed by atoms with Gasteiger partial charge < -0.3 is 14.2 Å². The number of ether oxygens (including phenoxy) is 3. The first kappa shape index (κ1) is 24.5. The minimum atomic E-state index is -1.07. The van der Waals surface area contributed by atoms with Crippen molar-refractivity contribution < 1.29 is 42.6 Å². The fourth-order valence-electron chi connectivity index (χ4n) is 3.56. The molecule has 2 saturated heterocycles. The number of esters is 1. The molecule has 182 valence electrons. The van der Waals surface area contributed by atoms with Gasteiger partial charge in [0.1, 0.15) is 5.82 Å². The number of benzene rings is 1. The van der Waals surface area contributed by atoms with E-state index in [2.05, 4.69) is 0 Å². The monoisotopic (exact) mass is 486 g/mol. The number of nitrogens with zero attached hydrogens (tertiary/aromatic N) is 2. The second-order valence-electron chi connectivity index (χ2n) is 8.14. The number of amides is 2. The third-order valence-corrected chi connectivity index (χ3v) is 7.09. The zero-order valence-electron chi connectivity index (χ0n) is 18.5. The van der Waals surface area contributed by atoms with Crippen molar-refractivity contribution >= 4 is 46.5 Å². The zero-order valence-corrected chi connectivity index (χ0v) is 20.0.